The SMILES string of the molecule is C.CC(O)(P(=O)(O)O)P(=O)(O)O.CC(OP(=O)(O)C(C)(O)P(=O)(O)O)(P(=O)(O)O)P(=O)(O)O. The summed E-state index contributed by atoms with van der Waals surface area (Å²) in [5.41, 5.74) is 0. The highest BCUT2D eigenvalue weighted by Gasteiger charge is 2.67. The van der Waals surface area contributed by atoms with Crippen LogP contribution >= 0.6 is 45.6 Å². The molecule has 0 radical (unpaired) electrons. The van der Waals surface area contributed by atoms with Crippen LogP contribution in [0.1, 0.15) is 28.2 Å². The van der Waals surface area contributed by atoms with E-state index in [0.29, 0.717) is 6.92 Å². The van der Waals surface area contributed by atoms with E-state index in [1.807, 2.05) is 0 Å². The minimum atomic E-state index is -6.02. The van der Waals surface area contributed by atoms with E-state index in [0.717, 1.165) is 0 Å². The van der Waals surface area contributed by atoms with Gasteiger partial charge in [0.05, 0.1) is 0 Å². The Kier molecular flexibility index (Phi) is 12.4. The molecular formula is C7H26O20P6. The van der Waals surface area contributed by atoms with Crippen LogP contribution in [0.5, 0.6) is 0 Å². The smallest absolute Gasteiger partial charge is 0.368 e. The molecule has 33 heavy (non-hydrogen) atoms. The van der Waals surface area contributed by atoms with Crippen molar-refractivity contribution in [3.05, 3.63) is 0 Å². The van der Waals surface area contributed by atoms with Crippen molar-refractivity contribution in [1.82, 2.24) is 0 Å². The largest absolute Gasteiger partial charge is 0.373 e. The van der Waals surface area contributed by atoms with Crippen molar-refractivity contribution in [3.63, 3.8) is 0 Å². The molecule has 0 amide bonds. The third-order valence-electron chi connectivity index (χ3n) is 3.57. The van der Waals surface area contributed by atoms with Crippen molar-refractivity contribution >= 4 is 45.6 Å². The third-order valence-corrected chi connectivity index (χ3v) is 15.9. The monoisotopic (exact) mass is 616 g/mol. The predicted octanol–water partition coefficient (Wildman–Crippen LogP) is -1.29. The van der Waals surface area contributed by atoms with Gasteiger partial charge in [-0.1, -0.05) is 7.43 Å². The molecule has 0 aromatic carbocycles. The molecule has 0 saturated carbocycles. The van der Waals surface area contributed by atoms with Crippen molar-refractivity contribution in [2.45, 2.75) is 43.4 Å². The van der Waals surface area contributed by atoms with E-state index in [1.165, 1.54) is 0 Å². The Morgan fingerprint density at radius 3 is 0.818 bits per heavy atom. The lowest BCUT2D eigenvalue weighted by molar-refractivity contribution is 0.0963. The van der Waals surface area contributed by atoms with Crippen LogP contribution in [-0.2, 0) is 31.9 Å². The van der Waals surface area contributed by atoms with Gasteiger partial charge in [0, 0.05) is 0 Å². The molecule has 0 fully saturated rings. The standard InChI is InChI=1S/C4H14O13P4.C2H8O7P2.CH4/c1-3(5,18(6,7)8)21(15,16)17-4(2,19(9,10)11)20(12,13)14;1-2(3,10(4,5)6)11(7,8)9;/h5H,1-2H3,(H,15,16)(H2,6,7,8)(H2,9,10,11)(H2,12,13,14);3H,1H3,(H2,4,5,6)(H2,7,8,9);1H4. The van der Waals surface area contributed by atoms with Gasteiger partial charge < -0.3 is 64.0 Å². The molecule has 0 aliphatic carbocycles. The molecule has 204 valence electrons. The van der Waals surface area contributed by atoms with Gasteiger partial charge >= 0.3 is 45.6 Å². The number of hydrogen-bond donors (Lipinski definition) is 13. The van der Waals surface area contributed by atoms with E-state index in [-0.39, 0.29) is 21.3 Å². The highest BCUT2D eigenvalue weighted by atomic mass is 31.3. The molecule has 20 nitrogen and oxygen atoms in total. The summed E-state index contributed by atoms with van der Waals surface area (Å²) in [4.78, 5) is 95.4. The van der Waals surface area contributed by atoms with Crippen molar-refractivity contribution in [2.24, 2.45) is 0 Å². The normalized spacial score (nSPS) is 18.2. The zero-order chi connectivity index (χ0) is 27.2. The summed E-state index contributed by atoms with van der Waals surface area (Å²) < 4.78 is 69.2. The van der Waals surface area contributed by atoms with Crippen molar-refractivity contribution in [2.75, 3.05) is 0 Å². The van der Waals surface area contributed by atoms with Gasteiger partial charge in [0.25, 0.3) is 15.2 Å². The van der Waals surface area contributed by atoms with Gasteiger partial charge in [-0.3, -0.25) is 31.9 Å². The van der Waals surface area contributed by atoms with Crippen LogP contribution in [0, 0.1) is 0 Å². The Labute approximate surface area is 185 Å². The molecular weight excluding hydrogens is 590 g/mol. The van der Waals surface area contributed by atoms with E-state index in [9.17, 15) is 37.4 Å². The summed E-state index contributed by atoms with van der Waals surface area (Å²) in [6, 6.07) is 0. The fourth-order valence-corrected chi connectivity index (χ4v) is 7.24. The fraction of sp³-hybridized carbons (Fsp3) is 1.00. The molecule has 2 atom stereocenters. The van der Waals surface area contributed by atoms with E-state index in [4.69, 9.17) is 54.0 Å². The average molecular weight is 616 g/mol. The van der Waals surface area contributed by atoms with E-state index in [2.05, 4.69) is 4.52 Å². The van der Waals surface area contributed by atoms with Crippen molar-refractivity contribution in [3.8, 4) is 0 Å². The third kappa shape index (κ3) is 8.43. The molecule has 0 aromatic rings. The lowest BCUT2D eigenvalue weighted by Gasteiger charge is -2.36. The maximum atomic E-state index is 11.7. The van der Waals surface area contributed by atoms with Gasteiger partial charge in [-0.15, -0.1) is 0 Å². The summed E-state index contributed by atoms with van der Waals surface area (Å²) in [6.07, 6.45) is 0. The number of rotatable bonds is 8. The second-order valence-electron chi connectivity index (χ2n) is 6.21. The fourth-order valence-electron chi connectivity index (χ4n) is 0.931. The summed E-state index contributed by atoms with van der Waals surface area (Å²) in [7, 11) is -34.0. The lowest BCUT2D eigenvalue weighted by Crippen LogP contribution is -2.33. The maximum Gasteiger partial charge on any atom is 0.373 e. The van der Waals surface area contributed by atoms with Crippen LogP contribution in [0.2, 0.25) is 0 Å². The average Bonchev–Trinajstić information content (AvgIpc) is 2.41. The van der Waals surface area contributed by atoms with Crippen LogP contribution in [0.25, 0.3) is 0 Å². The molecule has 0 bridgehead atoms. The van der Waals surface area contributed by atoms with Gasteiger partial charge in [-0.05, 0) is 20.8 Å². The first-order valence-corrected chi connectivity index (χ1v) is 16.6. The summed E-state index contributed by atoms with van der Waals surface area (Å²) in [6.45, 7) is 0.552. The lowest BCUT2D eigenvalue weighted by atomic mass is 10.8. The van der Waals surface area contributed by atoms with Gasteiger partial charge in [0.15, 0.2) is 0 Å². The molecule has 26 heteroatoms. The summed E-state index contributed by atoms with van der Waals surface area (Å²) in [5, 5.41) is 6.98. The molecule has 0 spiro atoms. The van der Waals surface area contributed by atoms with Gasteiger partial charge in [0.2, 0.25) is 0 Å². The van der Waals surface area contributed by atoms with Gasteiger partial charge in [-0.25, -0.2) is 0 Å². The molecule has 2 unspecified atom stereocenters. The second-order valence-corrected chi connectivity index (χ2v) is 19.1. The topological polar surface area (TPSA) is 375 Å². The Hall–Kier alpha value is 0.820. The zero-order valence-electron chi connectivity index (χ0n) is 15.9. The minimum Gasteiger partial charge on any atom is -0.368 e. The molecule has 0 heterocycles. The van der Waals surface area contributed by atoms with Crippen LogP contribution in [0.4, 0.5) is 0 Å². The Morgan fingerprint density at radius 1 is 0.485 bits per heavy atom. The van der Waals surface area contributed by atoms with Crippen LogP contribution in [0.15, 0.2) is 0 Å². The predicted molar refractivity (Wildman–Crippen MR) is 108 cm³/mol. The highest BCUT2D eigenvalue weighted by molar-refractivity contribution is 7.75. The molecule has 0 aliphatic heterocycles. The molecule has 13 N–H and O–H groups in total. The Morgan fingerprint density at radius 2 is 0.697 bits per heavy atom. The van der Waals surface area contributed by atoms with Crippen molar-refractivity contribution < 1.29 is 96.0 Å². The molecule has 0 aliphatic rings. The van der Waals surface area contributed by atoms with Crippen LogP contribution in [0.3, 0.4) is 0 Å². The molecule has 0 saturated heterocycles. The Bertz CT molecular complexity index is 919. The first-order chi connectivity index (χ1) is 13.2. The summed E-state index contributed by atoms with van der Waals surface area (Å²) >= 11 is 0. The first-order valence-electron chi connectivity index (χ1n) is 6.97. The minimum absolute atomic E-state index is 0. The Balaban J connectivity index is -0.000000636. The van der Waals surface area contributed by atoms with Crippen molar-refractivity contribution in [1.29, 1.82) is 0 Å². The summed E-state index contributed by atoms with van der Waals surface area (Å²) in [5.74, 6) is 0. The second kappa shape index (κ2) is 10.7. The quantitative estimate of drug-likeness (QED) is 0.141. The molecule has 0 rings (SSSR count). The molecule has 0 aromatic heterocycles. The van der Waals surface area contributed by atoms with Crippen LogP contribution < -0.4 is 0 Å². The maximum absolute atomic E-state index is 11.7. The van der Waals surface area contributed by atoms with Gasteiger partial charge in [-0.2, -0.15) is 0 Å². The zero-order valence-corrected chi connectivity index (χ0v) is 21.2. The van der Waals surface area contributed by atoms with E-state index < -0.39 is 60.8 Å². The number of aliphatic hydroxyl groups is 2. The van der Waals surface area contributed by atoms with Crippen LogP contribution in [-0.4, -0.2) is 79.3 Å². The number of hydrogen-bond acceptors (Lipinski definition) is 9. The first kappa shape index (κ1) is 38.4. The van der Waals surface area contributed by atoms with Gasteiger partial charge in [0.1, 0.15) is 0 Å². The van der Waals surface area contributed by atoms with E-state index in [1.54, 1.807) is 0 Å². The van der Waals surface area contributed by atoms with E-state index >= 15 is 0 Å². The highest BCUT2D eigenvalue weighted by Crippen LogP contribution is 2.78.